The van der Waals surface area contributed by atoms with Crippen molar-refractivity contribution in [1.29, 1.82) is 0 Å². The molecule has 78 valence electrons. The van der Waals surface area contributed by atoms with Crippen LogP contribution in [0.4, 0.5) is 5.69 Å². The molecule has 1 aromatic rings. The number of aliphatic hydroxyl groups excluding tert-OH is 1. The van der Waals surface area contributed by atoms with Gasteiger partial charge in [-0.15, -0.1) is 11.8 Å². The first-order valence-corrected chi connectivity index (χ1v) is 5.49. The quantitative estimate of drug-likeness (QED) is 0.514. The highest BCUT2D eigenvalue weighted by molar-refractivity contribution is 7.99. The molecule has 1 aromatic carbocycles. The van der Waals surface area contributed by atoms with Gasteiger partial charge in [0.1, 0.15) is 0 Å². The summed E-state index contributed by atoms with van der Waals surface area (Å²) in [5, 5.41) is 9.30. The first-order valence-electron chi connectivity index (χ1n) is 4.51. The number of aliphatic hydroxyl groups is 1. The highest BCUT2D eigenvalue weighted by Crippen LogP contribution is 2.26. The van der Waals surface area contributed by atoms with Gasteiger partial charge in [0, 0.05) is 22.9 Å². The summed E-state index contributed by atoms with van der Waals surface area (Å²) in [6, 6.07) is 5.79. The van der Waals surface area contributed by atoms with Crippen molar-refractivity contribution in [2.75, 3.05) is 18.0 Å². The van der Waals surface area contributed by atoms with Gasteiger partial charge in [0.2, 0.25) is 0 Å². The molecule has 0 saturated heterocycles. The van der Waals surface area contributed by atoms with E-state index < -0.39 is 6.10 Å². The Morgan fingerprint density at radius 3 is 2.86 bits per heavy atom. The molecule has 0 spiro atoms. The number of nitrogen functional groups attached to an aromatic ring is 1. The van der Waals surface area contributed by atoms with Crippen molar-refractivity contribution in [2.24, 2.45) is 5.73 Å². The number of thioether (sulfide) groups is 1. The highest BCUT2D eigenvalue weighted by Gasteiger charge is 2.05. The summed E-state index contributed by atoms with van der Waals surface area (Å²) >= 11 is 1.58. The molecule has 0 aliphatic carbocycles. The lowest BCUT2D eigenvalue weighted by Gasteiger charge is -2.10. The molecule has 3 nitrogen and oxygen atoms in total. The number of rotatable bonds is 4. The first-order chi connectivity index (χ1) is 6.65. The van der Waals surface area contributed by atoms with Crippen LogP contribution in [0.15, 0.2) is 23.1 Å². The maximum absolute atomic E-state index is 9.30. The second-order valence-corrected chi connectivity index (χ2v) is 4.23. The predicted molar refractivity (Wildman–Crippen MR) is 61.4 cm³/mol. The first kappa shape index (κ1) is 11.4. The topological polar surface area (TPSA) is 72.3 Å². The van der Waals surface area contributed by atoms with Crippen LogP contribution in [-0.4, -0.2) is 23.5 Å². The van der Waals surface area contributed by atoms with Crippen molar-refractivity contribution < 1.29 is 5.11 Å². The number of hydrogen-bond donors (Lipinski definition) is 3. The molecule has 0 saturated carbocycles. The molecule has 1 unspecified atom stereocenters. The normalized spacial score (nSPS) is 12.8. The lowest BCUT2D eigenvalue weighted by atomic mass is 10.2. The van der Waals surface area contributed by atoms with Crippen LogP contribution >= 0.6 is 11.8 Å². The van der Waals surface area contributed by atoms with Crippen LogP contribution in [0.1, 0.15) is 5.56 Å². The monoisotopic (exact) mass is 212 g/mol. The van der Waals surface area contributed by atoms with Crippen molar-refractivity contribution in [3.05, 3.63) is 23.8 Å². The molecule has 0 bridgehead atoms. The lowest BCUT2D eigenvalue weighted by Crippen LogP contribution is -2.21. The number of nitrogens with two attached hydrogens (primary N) is 2. The Hall–Kier alpha value is -0.710. The fourth-order valence-electron chi connectivity index (χ4n) is 1.04. The molecule has 0 aliphatic rings. The van der Waals surface area contributed by atoms with Gasteiger partial charge in [0.25, 0.3) is 0 Å². The van der Waals surface area contributed by atoms with E-state index in [-0.39, 0.29) is 0 Å². The summed E-state index contributed by atoms with van der Waals surface area (Å²) in [6.07, 6.45) is -0.444. The van der Waals surface area contributed by atoms with E-state index in [0.29, 0.717) is 12.3 Å². The van der Waals surface area contributed by atoms with Crippen molar-refractivity contribution in [2.45, 2.75) is 17.9 Å². The molecule has 1 rings (SSSR count). The molecule has 0 aromatic heterocycles. The SMILES string of the molecule is Cc1c(N)cccc1SCC(O)CN. The van der Waals surface area contributed by atoms with Crippen molar-refractivity contribution in [3.8, 4) is 0 Å². The van der Waals surface area contributed by atoms with Crippen molar-refractivity contribution in [3.63, 3.8) is 0 Å². The minimum atomic E-state index is -0.444. The van der Waals surface area contributed by atoms with E-state index in [4.69, 9.17) is 11.5 Å². The summed E-state index contributed by atoms with van der Waals surface area (Å²) in [6.45, 7) is 2.28. The van der Waals surface area contributed by atoms with Gasteiger partial charge in [-0.2, -0.15) is 0 Å². The van der Waals surface area contributed by atoms with Gasteiger partial charge in [-0.05, 0) is 24.6 Å². The smallest absolute Gasteiger partial charge is 0.0756 e. The van der Waals surface area contributed by atoms with Crippen LogP contribution < -0.4 is 11.5 Å². The molecule has 5 N–H and O–H groups in total. The van der Waals surface area contributed by atoms with Gasteiger partial charge in [-0.1, -0.05) is 6.07 Å². The minimum absolute atomic E-state index is 0.300. The zero-order chi connectivity index (χ0) is 10.6. The van der Waals surface area contributed by atoms with E-state index in [1.807, 2.05) is 25.1 Å². The van der Waals surface area contributed by atoms with Gasteiger partial charge < -0.3 is 16.6 Å². The Morgan fingerprint density at radius 2 is 2.21 bits per heavy atom. The van der Waals surface area contributed by atoms with Crippen LogP contribution in [0.25, 0.3) is 0 Å². The van der Waals surface area contributed by atoms with Crippen LogP contribution in [-0.2, 0) is 0 Å². The molecular weight excluding hydrogens is 196 g/mol. The third-order valence-electron chi connectivity index (χ3n) is 2.03. The van der Waals surface area contributed by atoms with Gasteiger partial charge >= 0.3 is 0 Å². The van der Waals surface area contributed by atoms with E-state index >= 15 is 0 Å². The van der Waals surface area contributed by atoms with Gasteiger partial charge in [-0.3, -0.25) is 0 Å². The maximum Gasteiger partial charge on any atom is 0.0756 e. The number of benzene rings is 1. The van der Waals surface area contributed by atoms with E-state index in [1.54, 1.807) is 11.8 Å². The summed E-state index contributed by atoms with van der Waals surface area (Å²) in [5.41, 5.74) is 12.9. The van der Waals surface area contributed by atoms with Crippen LogP contribution in [0.3, 0.4) is 0 Å². The summed E-state index contributed by atoms with van der Waals surface area (Å²) < 4.78 is 0. The maximum atomic E-state index is 9.30. The highest BCUT2D eigenvalue weighted by atomic mass is 32.2. The van der Waals surface area contributed by atoms with Crippen molar-refractivity contribution in [1.82, 2.24) is 0 Å². The molecule has 0 fully saturated rings. The van der Waals surface area contributed by atoms with Crippen molar-refractivity contribution >= 4 is 17.4 Å². The fraction of sp³-hybridized carbons (Fsp3) is 0.400. The largest absolute Gasteiger partial charge is 0.398 e. The molecule has 0 amide bonds. The second kappa shape index (κ2) is 5.24. The third kappa shape index (κ3) is 2.90. The Bertz CT molecular complexity index is 304. The summed E-state index contributed by atoms with van der Waals surface area (Å²) in [5.74, 6) is 0.612. The minimum Gasteiger partial charge on any atom is -0.398 e. The molecule has 0 radical (unpaired) electrons. The van der Waals surface area contributed by atoms with Crippen LogP contribution in [0.2, 0.25) is 0 Å². The van der Waals surface area contributed by atoms with E-state index in [2.05, 4.69) is 0 Å². The Morgan fingerprint density at radius 1 is 1.50 bits per heavy atom. The average molecular weight is 212 g/mol. The Kier molecular flexibility index (Phi) is 4.25. The van der Waals surface area contributed by atoms with Gasteiger partial charge in [0.15, 0.2) is 0 Å². The third-order valence-corrected chi connectivity index (χ3v) is 3.33. The molecular formula is C10H16N2OS. The zero-order valence-corrected chi connectivity index (χ0v) is 9.05. The molecule has 14 heavy (non-hydrogen) atoms. The lowest BCUT2D eigenvalue weighted by molar-refractivity contribution is 0.208. The van der Waals surface area contributed by atoms with E-state index in [1.165, 1.54) is 0 Å². The number of hydrogen-bond acceptors (Lipinski definition) is 4. The predicted octanol–water partition coefficient (Wildman–Crippen LogP) is 0.989. The second-order valence-electron chi connectivity index (χ2n) is 3.17. The molecule has 0 aliphatic heterocycles. The Labute approximate surface area is 88.5 Å². The van der Waals surface area contributed by atoms with Gasteiger partial charge in [-0.25, -0.2) is 0 Å². The van der Waals surface area contributed by atoms with E-state index in [9.17, 15) is 5.11 Å². The average Bonchev–Trinajstić information content (AvgIpc) is 2.20. The Balaban J connectivity index is 2.63. The van der Waals surface area contributed by atoms with Crippen LogP contribution in [0, 0.1) is 6.92 Å². The van der Waals surface area contributed by atoms with E-state index in [0.717, 1.165) is 16.1 Å². The summed E-state index contributed by atoms with van der Waals surface area (Å²) in [4.78, 5) is 1.11. The zero-order valence-electron chi connectivity index (χ0n) is 8.23. The molecule has 4 heteroatoms. The van der Waals surface area contributed by atoms with Crippen LogP contribution in [0.5, 0.6) is 0 Å². The van der Waals surface area contributed by atoms with Gasteiger partial charge in [0.05, 0.1) is 6.10 Å². The fourth-order valence-corrected chi connectivity index (χ4v) is 2.06. The molecule has 0 heterocycles. The summed E-state index contributed by atoms with van der Waals surface area (Å²) in [7, 11) is 0. The molecule has 1 atom stereocenters. The number of anilines is 1. The standard InChI is InChI=1S/C10H16N2OS/c1-7-9(12)3-2-4-10(7)14-6-8(13)5-11/h2-4,8,13H,5-6,11-12H2,1H3.